The van der Waals surface area contributed by atoms with Crippen molar-refractivity contribution in [2.75, 3.05) is 31.6 Å². The monoisotopic (exact) mass is 338 g/mol. The Morgan fingerprint density at radius 2 is 2.04 bits per heavy atom. The molecule has 0 radical (unpaired) electrons. The van der Waals surface area contributed by atoms with Crippen LogP contribution in [0.3, 0.4) is 0 Å². The first-order chi connectivity index (χ1) is 12.1. The third kappa shape index (κ3) is 4.75. The molecule has 0 aliphatic carbocycles. The predicted octanol–water partition coefficient (Wildman–Crippen LogP) is 3.19. The summed E-state index contributed by atoms with van der Waals surface area (Å²) in [6.45, 7) is 4.78. The van der Waals surface area contributed by atoms with Crippen LogP contribution < -0.4 is 15.0 Å². The average molecular weight is 338 g/mol. The van der Waals surface area contributed by atoms with Crippen molar-refractivity contribution in [3.05, 3.63) is 59.7 Å². The summed E-state index contributed by atoms with van der Waals surface area (Å²) >= 11 is 0. The van der Waals surface area contributed by atoms with Crippen molar-refractivity contribution < 1.29 is 9.53 Å². The maximum absolute atomic E-state index is 12.1. The predicted molar refractivity (Wildman–Crippen MR) is 101 cm³/mol. The first-order valence-electron chi connectivity index (χ1n) is 8.85. The van der Waals surface area contributed by atoms with Crippen LogP contribution in [0.25, 0.3) is 0 Å². The minimum atomic E-state index is 0.101. The van der Waals surface area contributed by atoms with Gasteiger partial charge >= 0.3 is 0 Å². The molecule has 2 aromatic carbocycles. The quantitative estimate of drug-likeness (QED) is 0.879. The van der Waals surface area contributed by atoms with Gasteiger partial charge < -0.3 is 15.0 Å². The van der Waals surface area contributed by atoms with Gasteiger partial charge in [0, 0.05) is 31.4 Å². The normalized spacial score (nSPS) is 16.7. The molecule has 0 aromatic heterocycles. The van der Waals surface area contributed by atoms with Crippen molar-refractivity contribution in [1.82, 2.24) is 5.32 Å². The number of carbonyl (C=O) groups is 1. The lowest BCUT2D eigenvalue weighted by atomic mass is 10.1. The lowest BCUT2D eigenvalue weighted by Crippen LogP contribution is -2.32. The number of nitrogens with one attached hydrogen (secondary N) is 1. The van der Waals surface area contributed by atoms with E-state index in [1.807, 2.05) is 36.4 Å². The summed E-state index contributed by atoms with van der Waals surface area (Å²) in [5, 5.41) is 3.09. The molecule has 4 nitrogen and oxygen atoms in total. The highest BCUT2D eigenvalue weighted by atomic mass is 16.5. The van der Waals surface area contributed by atoms with Crippen LogP contribution in [0.4, 0.5) is 5.69 Å². The summed E-state index contributed by atoms with van der Waals surface area (Å²) < 4.78 is 5.30. The summed E-state index contributed by atoms with van der Waals surface area (Å²) in [6, 6.07) is 16.3. The summed E-state index contributed by atoms with van der Waals surface area (Å²) in [7, 11) is 1.69. The molecule has 1 saturated heterocycles. The average Bonchev–Trinajstić information content (AvgIpc) is 3.11. The van der Waals surface area contributed by atoms with E-state index in [1.165, 1.54) is 11.3 Å². The molecule has 1 aliphatic rings. The van der Waals surface area contributed by atoms with E-state index in [0.717, 1.165) is 37.4 Å². The van der Waals surface area contributed by atoms with Gasteiger partial charge in [-0.05, 0) is 37.0 Å². The Bertz CT molecular complexity index is 712. The molecule has 0 bridgehead atoms. The molecule has 0 spiro atoms. The van der Waals surface area contributed by atoms with Gasteiger partial charge in [-0.15, -0.1) is 0 Å². The fourth-order valence-corrected chi connectivity index (χ4v) is 3.25. The Kier molecular flexibility index (Phi) is 5.59. The van der Waals surface area contributed by atoms with Gasteiger partial charge in [-0.1, -0.05) is 35.9 Å². The van der Waals surface area contributed by atoms with Gasteiger partial charge in [0.25, 0.3) is 0 Å². The number of aryl methyl sites for hydroxylation is 1. The number of carbonyl (C=O) groups excluding carboxylic acids is 1. The maximum atomic E-state index is 12.1. The molecular weight excluding hydrogens is 312 g/mol. The van der Waals surface area contributed by atoms with Crippen molar-refractivity contribution in [3.8, 4) is 5.75 Å². The molecule has 1 heterocycles. The SMILES string of the molecule is COc1cccc(N2CCC(CNC(=O)Cc3ccc(C)cc3)C2)c1. The molecule has 0 saturated carbocycles. The van der Waals surface area contributed by atoms with E-state index in [0.29, 0.717) is 12.3 Å². The fraction of sp³-hybridized carbons (Fsp3) is 0.381. The molecule has 1 amide bonds. The Morgan fingerprint density at radius 3 is 2.80 bits per heavy atom. The van der Waals surface area contributed by atoms with Crippen LogP contribution in [0.1, 0.15) is 17.5 Å². The van der Waals surface area contributed by atoms with Gasteiger partial charge in [0.05, 0.1) is 13.5 Å². The Morgan fingerprint density at radius 1 is 1.24 bits per heavy atom. The largest absolute Gasteiger partial charge is 0.497 e. The third-order valence-electron chi connectivity index (χ3n) is 4.78. The van der Waals surface area contributed by atoms with Crippen molar-refractivity contribution in [2.45, 2.75) is 19.8 Å². The minimum absolute atomic E-state index is 0.101. The smallest absolute Gasteiger partial charge is 0.224 e. The first-order valence-corrected chi connectivity index (χ1v) is 8.85. The topological polar surface area (TPSA) is 41.6 Å². The molecule has 25 heavy (non-hydrogen) atoms. The highest BCUT2D eigenvalue weighted by Crippen LogP contribution is 2.26. The summed E-state index contributed by atoms with van der Waals surface area (Å²) in [5.74, 6) is 1.48. The minimum Gasteiger partial charge on any atom is -0.497 e. The van der Waals surface area contributed by atoms with Gasteiger partial charge in [0.1, 0.15) is 5.75 Å². The van der Waals surface area contributed by atoms with Crippen LogP contribution in [-0.4, -0.2) is 32.7 Å². The van der Waals surface area contributed by atoms with E-state index in [4.69, 9.17) is 4.74 Å². The Labute approximate surface area is 149 Å². The molecule has 1 fully saturated rings. The second-order valence-corrected chi connectivity index (χ2v) is 6.77. The highest BCUT2D eigenvalue weighted by Gasteiger charge is 2.23. The second-order valence-electron chi connectivity index (χ2n) is 6.77. The highest BCUT2D eigenvalue weighted by molar-refractivity contribution is 5.78. The van der Waals surface area contributed by atoms with E-state index in [-0.39, 0.29) is 5.91 Å². The number of nitrogens with zero attached hydrogens (tertiary/aromatic N) is 1. The van der Waals surface area contributed by atoms with Crippen molar-refractivity contribution >= 4 is 11.6 Å². The zero-order valence-electron chi connectivity index (χ0n) is 15.0. The number of rotatable bonds is 6. The summed E-state index contributed by atoms with van der Waals surface area (Å²) in [5.41, 5.74) is 3.47. The molecule has 1 aliphatic heterocycles. The zero-order chi connectivity index (χ0) is 17.6. The number of anilines is 1. The van der Waals surface area contributed by atoms with E-state index in [2.05, 4.69) is 29.3 Å². The molecule has 3 rings (SSSR count). The second kappa shape index (κ2) is 8.06. The maximum Gasteiger partial charge on any atom is 0.224 e. The van der Waals surface area contributed by atoms with E-state index in [1.54, 1.807) is 7.11 Å². The number of hydrogen-bond acceptors (Lipinski definition) is 3. The van der Waals surface area contributed by atoms with Crippen LogP contribution in [0.5, 0.6) is 5.75 Å². The van der Waals surface area contributed by atoms with Crippen LogP contribution in [0.2, 0.25) is 0 Å². The van der Waals surface area contributed by atoms with E-state index < -0.39 is 0 Å². The molecule has 1 atom stereocenters. The van der Waals surface area contributed by atoms with Crippen LogP contribution in [0, 0.1) is 12.8 Å². The standard InChI is InChI=1S/C21H26N2O2/c1-16-6-8-17(9-7-16)12-21(24)22-14-18-10-11-23(15-18)19-4-3-5-20(13-19)25-2/h3-9,13,18H,10-12,14-15H2,1-2H3,(H,22,24). The van der Waals surface area contributed by atoms with E-state index >= 15 is 0 Å². The fourth-order valence-electron chi connectivity index (χ4n) is 3.25. The lowest BCUT2D eigenvalue weighted by molar-refractivity contribution is -0.120. The van der Waals surface area contributed by atoms with Gasteiger partial charge in [0.2, 0.25) is 5.91 Å². The molecule has 1 unspecified atom stereocenters. The molecule has 1 N–H and O–H groups in total. The van der Waals surface area contributed by atoms with Crippen LogP contribution in [-0.2, 0) is 11.2 Å². The number of amides is 1. The van der Waals surface area contributed by atoms with Gasteiger partial charge in [0.15, 0.2) is 0 Å². The van der Waals surface area contributed by atoms with Crippen molar-refractivity contribution in [2.24, 2.45) is 5.92 Å². The van der Waals surface area contributed by atoms with Gasteiger partial charge in [-0.25, -0.2) is 0 Å². The molecular formula is C21H26N2O2. The van der Waals surface area contributed by atoms with Crippen LogP contribution >= 0.6 is 0 Å². The number of benzene rings is 2. The van der Waals surface area contributed by atoms with E-state index in [9.17, 15) is 4.79 Å². The third-order valence-corrected chi connectivity index (χ3v) is 4.78. The van der Waals surface area contributed by atoms with Crippen molar-refractivity contribution in [1.29, 1.82) is 0 Å². The summed E-state index contributed by atoms with van der Waals surface area (Å²) in [6.07, 6.45) is 1.55. The number of ether oxygens (including phenoxy) is 1. The van der Waals surface area contributed by atoms with Gasteiger partial charge in [-0.3, -0.25) is 4.79 Å². The van der Waals surface area contributed by atoms with Crippen molar-refractivity contribution in [3.63, 3.8) is 0 Å². The molecule has 4 heteroatoms. The van der Waals surface area contributed by atoms with Crippen LogP contribution in [0.15, 0.2) is 48.5 Å². The zero-order valence-corrected chi connectivity index (χ0v) is 15.0. The molecule has 132 valence electrons. The number of hydrogen-bond donors (Lipinski definition) is 1. The first kappa shape index (κ1) is 17.3. The molecule has 2 aromatic rings. The van der Waals surface area contributed by atoms with Gasteiger partial charge in [-0.2, -0.15) is 0 Å². The summed E-state index contributed by atoms with van der Waals surface area (Å²) in [4.78, 5) is 14.5. The number of methoxy groups -OCH3 is 1. The Hall–Kier alpha value is -2.49. The lowest BCUT2D eigenvalue weighted by Gasteiger charge is -2.19. The Balaban J connectivity index is 1.46.